The van der Waals surface area contributed by atoms with E-state index < -0.39 is 5.97 Å². The predicted molar refractivity (Wildman–Crippen MR) is 77.6 cm³/mol. The summed E-state index contributed by atoms with van der Waals surface area (Å²) in [5, 5.41) is 12.9. The number of nitrogens with two attached hydrogens (primary N) is 1. The van der Waals surface area contributed by atoms with Crippen LogP contribution in [0.25, 0.3) is 0 Å². The number of carbonyl (C=O) groups is 1. The zero-order chi connectivity index (χ0) is 14.0. The van der Waals surface area contributed by atoms with Gasteiger partial charge in [-0.3, -0.25) is 0 Å². The molecule has 0 aromatic heterocycles. The fourth-order valence-electron chi connectivity index (χ4n) is 1.53. The van der Waals surface area contributed by atoms with Crippen molar-refractivity contribution in [1.82, 2.24) is 0 Å². The molecule has 0 aliphatic heterocycles. The van der Waals surface area contributed by atoms with E-state index in [9.17, 15) is 4.79 Å². The molecule has 4 nitrogen and oxygen atoms in total. The van der Waals surface area contributed by atoms with Crippen LogP contribution in [0.4, 0.5) is 17.1 Å². The van der Waals surface area contributed by atoms with E-state index in [0.29, 0.717) is 27.1 Å². The number of carboxylic acid groups (broad SMARTS) is 1. The molecule has 2 aromatic carbocycles. The van der Waals surface area contributed by atoms with E-state index >= 15 is 0 Å². The maximum atomic E-state index is 10.9. The van der Waals surface area contributed by atoms with Gasteiger partial charge in [0.15, 0.2) is 0 Å². The number of carboxylic acids is 1. The summed E-state index contributed by atoms with van der Waals surface area (Å²) in [6, 6.07) is 9.36. The summed E-state index contributed by atoms with van der Waals surface area (Å²) in [5.41, 5.74) is 7.43. The van der Waals surface area contributed by atoms with E-state index in [2.05, 4.69) is 5.32 Å². The molecule has 0 amide bonds. The molecule has 0 aliphatic rings. The minimum Gasteiger partial charge on any atom is -0.478 e. The highest BCUT2D eigenvalue weighted by Gasteiger charge is 2.08. The number of nitrogen functional groups attached to an aromatic ring is 1. The third-order valence-corrected chi connectivity index (χ3v) is 3.05. The van der Waals surface area contributed by atoms with Gasteiger partial charge in [-0.25, -0.2) is 4.79 Å². The Morgan fingerprint density at radius 1 is 1.11 bits per heavy atom. The highest BCUT2D eigenvalue weighted by atomic mass is 35.5. The smallest absolute Gasteiger partial charge is 0.335 e. The van der Waals surface area contributed by atoms with Crippen molar-refractivity contribution < 1.29 is 9.90 Å². The van der Waals surface area contributed by atoms with Crippen LogP contribution in [0.1, 0.15) is 10.4 Å². The molecule has 0 bridgehead atoms. The first-order valence-corrected chi connectivity index (χ1v) is 6.08. The van der Waals surface area contributed by atoms with Crippen molar-refractivity contribution in [1.29, 1.82) is 0 Å². The minimum atomic E-state index is -1.02. The van der Waals surface area contributed by atoms with Crippen molar-refractivity contribution in [3.8, 4) is 0 Å². The van der Waals surface area contributed by atoms with Crippen LogP contribution >= 0.6 is 23.2 Å². The third-order valence-electron chi connectivity index (χ3n) is 2.50. The lowest BCUT2D eigenvalue weighted by Crippen LogP contribution is -2.01. The highest BCUT2D eigenvalue weighted by molar-refractivity contribution is 6.36. The van der Waals surface area contributed by atoms with Gasteiger partial charge in [-0.15, -0.1) is 0 Å². The van der Waals surface area contributed by atoms with Gasteiger partial charge in [-0.1, -0.05) is 23.2 Å². The Morgan fingerprint density at radius 2 is 1.84 bits per heavy atom. The average molecular weight is 297 g/mol. The molecule has 2 aromatic rings. The van der Waals surface area contributed by atoms with Crippen molar-refractivity contribution in [2.75, 3.05) is 11.1 Å². The Hall–Kier alpha value is -1.91. The first-order chi connectivity index (χ1) is 8.97. The molecule has 0 spiro atoms. The Balaban J connectivity index is 2.37. The monoisotopic (exact) mass is 296 g/mol. The van der Waals surface area contributed by atoms with Gasteiger partial charge in [0.2, 0.25) is 0 Å². The van der Waals surface area contributed by atoms with Crippen molar-refractivity contribution >= 4 is 46.2 Å². The lowest BCUT2D eigenvalue weighted by atomic mass is 10.1. The lowest BCUT2D eigenvalue weighted by molar-refractivity contribution is 0.0697. The Bertz CT molecular complexity index is 645. The first-order valence-electron chi connectivity index (χ1n) is 5.32. The van der Waals surface area contributed by atoms with Crippen molar-refractivity contribution in [2.45, 2.75) is 0 Å². The van der Waals surface area contributed by atoms with Crippen LogP contribution < -0.4 is 11.1 Å². The molecule has 0 saturated heterocycles. The number of anilines is 3. The quantitative estimate of drug-likeness (QED) is 0.748. The number of hydrogen-bond donors (Lipinski definition) is 3. The Morgan fingerprint density at radius 3 is 2.47 bits per heavy atom. The third kappa shape index (κ3) is 3.10. The second-order valence-electron chi connectivity index (χ2n) is 3.86. The van der Waals surface area contributed by atoms with Gasteiger partial charge in [-0.2, -0.15) is 0 Å². The molecule has 98 valence electrons. The Labute approximate surface area is 119 Å². The molecular weight excluding hydrogens is 287 g/mol. The molecule has 6 heteroatoms. The zero-order valence-corrected chi connectivity index (χ0v) is 11.2. The normalized spacial score (nSPS) is 10.2. The van der Waals surface area contributed by atoms with Crippen molar-refractivity contribution in [3.63, 3.8) is 0 Å². The van der Waals surface area contributed by atoms with Crippen molar-refractivity contribution in [2.24, 2.45) is 0 Å². The standard InChI is InChI=1S/C13H10Cl2N2O2/c14-8-2-4-11(9(15)6-8)17-12-5-7(13(18)19)1-3-10(12)16/h1-6,17H,16H2,(H,18,19). The largest absolute Gasteiger partial charge is 0.478 e. The molecule has 4 N–H and O–H groups in total. The van der Waals surface area contributed by atoms with Crippen LogP contribution in [-0.4, -0.2) is 11.1 Å². The van der Waals surface area contributed by atoms with Crippen molar-refractivity contribution in [3.05, 3.63) is 52.0 Å². The molecule has 0 atom stereocenters. The maximum Gasteiger partial charge on any atom is 0.335 e. The van der Waals surface area contributed by atoms with Gasteiger partial charge in [0.05, 0.1) is 27.6 Å². The molecule has 19 heavy (non-hydrogen) atoms. The number of hydrogen-bond acceptors (Lipinski definition) is 3. The second-order valence-corrected chi connectivity index (χ2v) is 4.70. The van der Waals surface area contributed by atoms with E-state index in [-0.39, 0.29) is 5.56 Å². The number of aromatic carboxylic acids is 1. The van der Waals surface area contributed by atoms with Gasteiger partial charge in [0, 0.05) is 5.02 Å². The summed E-state index contributed by atoms with van der Waals surface area (Å²) in [6.45, 7) is 0. The number of nitrogens with one attached hydrogen (secondary N) is 1. The molecule has 0 unspecified atom stereocenters. The van der Waals surface area contributed by atoms with E-state index in [1.807, 2.05) is 0 Å². The fourth-order valence-corrected chi connectivity index (χ4v) is 1.99. The fraction of sp³-hybridized carbons (Fsp3) is 0. The summed E-state index contributed by atoms with van der Waals surface area (Å²) in [7, 11) is 0. The van der Waals surface area contributed by atoms with Crippen LogP contribution in [-0.2, 0) is 0 Å². The summed E-state index contributed by atoms with van der Waals surface area (Å²) < 4.78 is 0. The molecule has 0 saturated carbocycles. The highest BCUT2D eigenvalue weighted by Crippen LogP contribution is 2.30. The molecule has 0 fully saturated rings. The van der Waals surface area contributed by atoms with E-state index in [1.165, 1.54) is 18.2 Å². The Kier molecular flexibility index (Phi) is 3.83. The SMILES string of the molecule is Nc1ccc(C(=O)O)cc1Nc1ccc(Cl)cc1Cl. The average Bonchev–Trinajstić information content (AvgIpc) is 2.34. The van der Waals surface area contributed by atoms with Gasteiger partial charge in [0.1, 0.15) is 0 Å². The second kappa shape index (κ2) is 5.38. The molecular formula is C13H10Cl2N2O2. The number of rotatable bonds is 3. The molecule has 2 rings (SSSR count). The topological polar surface area (TPSA) is 75.4 Å². The van der Waals surface area contributed by atoms with Crippen LogP contribution in [0.5, 0.6) is 0 Å². The predicted octanol–water partition coefficient (Wildman–Crippen LogP) is 4.02. The van der Waals surface area contributed by atoms with Gasteiger partial charge in [-0.05, 0) is 36.4 Å². The zero-order valence-electron chi connectivity index (χ0n) is 9.65. The molecule has 0 aliphatic carbocycles. The van der Waals surface area contributed by atoms with Gasteiger partial charge >= 0.3 is 5.97 Å². The van der Waals surface area contributed by atoms with E-state index in [1.54, 1.807) is 18.2 Å². The molecule has 0 heterocycles. The lowest BCUT2D eigenvalue weighted by Gasteiger charge is -2.11. The van der Waals surface area contributed by atoms with E-state index in [4.69, 9.17) is 34.0 Å². The van der Waals surface area contributed by atoms with Crippen LogP contribution in [0.15, 0.2) is 36.4 Å². The van der Waals surface area contributed by atoms with Crippen LogP contribution in [0.2, 0.25) is 10.0 Å². The first kappa shape index (κ1) is 13.5. The summed E-state index contributed by atoms with van der Waals surface area (Å²) in [6.07, 6.45) is 0. The summed E-state index contributed by atoms with van der Waals surface area (Å²) in [4.78, 5) is 10.9. The van der Waals surface area contributed by atoms with Gasteiger partial charge in [0.25, 0.3) is 0 Å². The number of benzene rings is 2. The number of halogens is 2. The molecule has 0 radical (unpaired) electrons. The maximum absolute atomic E-state index is 10.9. The summed E-state index contributed by atoms with van der Waals surface area (Å²) >= 11 is 11.8. The minimum absolute atomic E-state index is 0.141. The van der Waals surface area contributed by atoms with Crippen LogP contribution in [0, 0.1) is 0 Å². The van der Waals surface area contributed by atoms with E-state index in [0.717, 1.165) is 0 Å². The van der Waals surface area contributed by atoms with Crippen LogP contribution in [0.3, 0.4) is 0 Å². The van der Waals surface area contributed by atoms with Gasteiger partial charge < -0.3 is 16.2 Å². The summed E-state index contributed by atoms with van der Waals surface area (Å²) in [5.74, 6) is -1.02.